The van der Waals surface area contributed by atoms with E-state index in [1.807, 2.05) is 25.1 Å². The highest BCUT2D eigenvalue weighted by atomic mass is 16.5. The Morgan fingerprint density at radius 1 is 1.41 bits per heavy atom. The number of morpholine rings is 1. The Hall–Kier alpha value is -1.26. The Kier molecular flexibility index (Phi) is 4.23. The maximum Gasteiger partial charge on any atom is 0.161 e. The maximum atomic E-state index is 5.71. The van der Waals surface area contributed by atoms with E-state index in [0.29, 0.717) is 6.61 Å². The van der Waals surface area contributed by atoms with Crippen molar-refractivity contribution < 1.29 is 14.2 Å². The first-order chi connectivity index (χ1) is 8.35. The molecule has 1 heterocycles. The topological polar surface area (TPSA) is 39.7 Å². The zero-order valence-electron chi connectivity index (χ0n) is 10.4. The van der Waals surface area contributed by atoms with Crippen LogP contribution in [0.2, 0.25) is 0 Å². The van der Waals surface area contributed by atoms with Crippen LogP contribution in [0.1, 0.15) is 18.6 Å². The highest BCUT2D eigenvalue weighted by Crippen LogP contribution is 2.31. The first kappa shape index (κ1) is 12.2. The summed E-state index contributed by atoms with van der Waals surface area (Å²) in [6.45, 7) is 5.11. The summed E-state index contributed by atoms with van der Waals surface area (Å²) in [4.78, 5) is 0. The fourth-order valence-electron chi connectivity index (χ4n) is 1.94. The molecule has 0 aliphatic carbocycles. The summed E-state index contributed by atoms with van der Waals surface area (Å²) in [5.41, 5.74) is 1.13. The summed E-state index contributed by atoms with van der Waals surface area (Å²) in [6.07, 6.45) is 0.105. The Morgan fingerprint density at radius 2 is 2.29 bits per heavy atom. The third kappa shape index (κ3) is 2.90. The average molecular weight is 237 g/mol. The smallest absolute Gasteiger partial charge is 0.161 e. The van der Waals surface area contributed by atoms with Crippen LogP contribution in [0, 0.1) is 0 Å². The van der Waals surface area contributed by atoms with E-state index in [2.05, 4.69) is 5.32 Å². The van der Waals surface area contributed by atoms with E-state index in [0.717, 1.165) is 36.8 Å². The number of hydrogen-bond donors (Lipinski definition) is 1. The van der Waals surface area contributed by atoms with Gasteiger partial charge >= 0.3 is 0 Å². The lowest BCUT2D eigenvalue weighted by Crippen LogP contribution is -2.33. The molecule has 1 N–H and O–H groups in total. The molecular formula is C13H19NO3. The van der Waals surface area contributed by atoms with E-state index in [4.69, 9.17) is 14.2 Å². The van der Waals surface area contributed by atoms with Crippen molar-refractivity contribution in [2.45, 2.75) is 13.0 Å². The van der Waals surface area contributed by atoms with Crippen molar-refractivity contribution in [1.29, 1.82) is 0 Å². The van der Waals surface area contributed by atoms with Crippen LogP contribution in [0.25, 0.3) is 0 Å². The fraction of sp³-hybridized carbons (Fsp3) is 0.538. The van der Waals surface area contributed by atoms with Crippen molar-refractivity contribution in [2.75, 3.05) is 33.4 Å². The van der Waals surface area contributed by atoms with Crippen molar-refractivity contribution in [2.24, 2.45) is 0 Å². The molecule has 0 saturated carbocycles. The Bertz CT molecular complexity index is 362. The highest BCUT2D eigenvalue weighted by molar-refractivity contribution is 5.43. The number of nitrogens with one attached hydrogen (secondary N) is 1. The van der Waals surface area contributed by atoms with Gasteiger partial charge in [0.1, 0.15) is 0 Å². The second kappa shape index (κ2) is 5.89. The molecule has 1 aromatic carbocycles. The van der Waals surface area contributed by atoms with Gasteiger partial charge in [-0.3, -0.25) is 0 Å². The molecule has 17 heavy (non-hydrogen) atoms. The third-order valence-electron chi connectivity index (χ3n) is 2.79. The van der Waals surface area contributed by atoms with Gasteiger partial charge < -0.3 is 19.5 Å². The van der Waals surface area contributed by atoms with Gasteiger partial charge in [0.2, 0.25) is 0 Å². The van der Waals surface area contributed by atoms with Gasteiger partial charge in [0.05, 0.1) is 26.4 Å². The second-order valence-corrected chi connectivity index (χ2v) is 3.91. The molecule has 0 radical (unpaired) electrons. The molecule has 0 spiro atoms. The Labute approximate surface area is 102 Å². The predicted molar refractivity (Wildman–Crippen MR) is 65.7 cm³/mol. The van der Waals surface area contributed by atoms with Gasteiger partial charge in [0.15, 0.2) is 11.5 Å². The van der Waals surface area contributed by atoms with Crippen LogP contribution in [0.3, 0.4) is 0 Å². The van der Waals surface area contributed by atoms with Gasteiger partial charge in [-0.1, -0.05) is 6.07 Å². The number of hydrogen-bond acceptors (Lipinski definition) is 4. The maximum absolute atomic E-state index is 5.71. The lowest BCUT2D eigenvalue weighted by Gasteiger charge is -2.24. The minimum Gasteiger partial charge on any atom is -0.493 e. The SMILES string of the molecule is CCOc1cc(C2CNCCO2)ccc1OC. The van der Waals surface area contributed by atoms with Crippen LogP contribution in [-0.4, -0.2) is 33.4 Å². The molecule has 1 unspecified atom stereocenters. The average Bonchev–Trinajstić information content (AvgIpc) is 2.40. The van der Waals surface area contributed by atoms with E-state index in [-0.39, 0.29) is 6.10 Å². The number of benzene rings is 1. The van der Waals surface area contributed by atoms with E-state index < -0.39 is 0 Å². The fourth-order valence-corrected chi connectivity index (χ4v) is 1.94. The van der Waals surface area contributed by atoms with E-state index in [1.165, 1.54) is 0 Å². The molecule has 1 saturated heterocycles. The molecule has 1 aliphatic heterocycles. The van der Waals surface area contributed by atoms with Crippen LogP contribution in [0.5, 0.6) is 11.5 Å². The third-order valence-corrected chi connectivity index (χ3v) is 2.79. The molecule has 1 aromatic rings. The monoisotopic (exact) mass is 237 g/mol. The lowest BCUT2D eigenvalue weighted by atomic mass is 10.1. The summed E-state index contributed by atoms with van der Waals surface area (Å²) in [5, 5.41) is 3.32. The molecule has 0 bridgehead atoms. The summed E-state index contributed by atoms with van der Waals surface area (Å²) in [6, 6.07) is 5.96. The van der Waals surface area contributed by atoms with E-state index >= 15 is 0 Å². The molecule has 4 heteroatoms. The number of ether oxygens (including phenoxy) is 3. The molecule has 1 fully saturated rings. The van der Waals surface area contributed by atoms with Crippen LogP contribution in [0.15, 0.2) is 18.2 Å². The minimum absolute atomic E-state index is 0.105. The zero-order valence-corrected chi connectivity index (χ0v) is 10.4. The van der Waals surface area contributed by atoms with Crippen molar-refractivity contribution in [3.05, 3.63) is 23.8 Å². The molecule has 0 aromatic heterocycles. The van der Waals surface area contributed by atoms with Gasteiger partial charge in [-0.25, -0.2) is 0 Å². The first-order valence-corrected chi connectivity index (χ1v) is 5.98. The van der Waals surface area contributed by atoms with Gasteiger partial charge in [0, 0.05) is 13.1 Å². The van der Waals surface area contributed by atoms with E-state index in [9.17, 15) is 0 Å². The highest BCUT2D eigenvalue weighted by Gasteiger charge is 2.17. The van der Waals surface area contributed by atoms with E-state index in [1.54, 1.807) is 7.11 Å². The van der Waals surface area contributed by atoms with Crippen molar-refractivity contribution in [3.63, 3.8) is 0 Å². The summed E-state index contributed by atoms with van der Waals surface area (Å²) < 4.78 is 16.5. The molecule has 0 amide bonds. The molecule has 1 atom stereocenters. The Balaban J connectivity index is 2.19. The molecule has 4 nitrogen and oxygen atoms in total. The van der Waals surface area contributed by atoms with Gasteiger partial charge in [-0.05, 0) is 24.6 Å². The van der Waals surface area contributed by atoms with Crippen molar-refractivity contribution in [1.82, 2.24) is 5.32 Å². The number of rotatable bonds is 4. The summed E-state index contributed by atoms with van der Waals surface area (Å²) in [5.74, 6) is 1.54. The van der Waals surface area contributed by atoms with Crippen molar-refractivity contribution >= 4 is 0 Å². The standard InChI is InChI=1S/C13H19NO3/c1-3-16-12-8-10(4-5-11(12)15-2)13-9-14-6-7-17-13/h4-5,8,13-14H,3,6-7,9H2,1-2H3. The summed E-state index contributed by atoms with van der Waals surface area (Å²) >= 11 is 0. The largest absolute Gasteiger partial charge is 0.493 e. The summed E-state index contributed by atoms with van der Waals surface area (Å²) in [7, 11) is 1.65. The molecule has 2 rings (SSSR count). The van der Waals surface area contributed by atoms with Crippen LogP contribution < -0.4 is 14.8 Å². The van der Waals surface area contributed by atoms with Crippen LogP contribution >= 0.6 is 0 Å². The van der Waals surface area contributed by atoms with Crippen LogP contribution in [-0.2, 0) is 4.74 Å². The molecule has 1 aliphatic rings. The Morgan fingerprint density at radius 3 is 2.94 bits per heavy atom. The van der Waals surface area contributed by atoms with Gasteiger partial charge in [-0.15, -0.1) is 0 Å². The second-order valence-electron chi connectivity index (χ2n) is 3.91. The van der Waals surface area contributed by atoms with Crippen molar-refractivity contribution in [3.8, 4) is 11.5 Å². The van der Waals surface area contributed by atoms with Gasteiger partial charge in [-0.2, -0.15) is 0 Å². The van der Waals surface area contributed by atoms with Gasteiger partial charge in [0.25, 0.3) is 0 Å². The normalized spacial score (nSPS) is 20.0. The molecule has 94 valence electrons. The minimum atomic E-state index is 0.105. The first-order valence-electron chi connectivity index (χ1n) is 5.98. The quantitative estimate of drug-likeness (QED) is 0.866. The molecular weight excluding hydrogens is 218 g/mol. The predicted octanol–water partition coefficient (Wildman–Crippen LogP) is 1.75. The number of methoxy groups -OCH3 is 1. The lowest BCUT2D eigenvalue weighted by molar-refractivity contribution is 0.0275. The van der Waals surface area contributed by atoms with Crippen LogP contribution in [0.4, 0.5) is 0 Å². The zero-order chi connectivity index (χ0) is 12.1.